The van der Waals surface area contributed by atoms with E-state index in [0.717, 1.165) is 18.4 Å². The summed E-state index contributed by atoms with van der Waals surface area (Å²) in [6.07, 6.45) is 4.46. The van der Waals surface area contributed by atoms with E-state index in [2.05, 4.69) is 19.0 Å². The average molecular weight is 250 g/mol. The lowest BCUT2D eigenvalue weighted by Gasteiger charge is -2.41. The molecule has 3 heteroatoms. The zero-order valence-corrected chi connectivity index (χ0v) is 11.5. The number of nitrogens with two attached hydrogens (primary N) is 1. The van der Waals surface area contributed by atoms with E-state index in [0.29, 0.717) is 5.56 Å². The SMILES string of the molecule is Cc1ccc(F)c(C(N)C2(N(C)C)CCCC2)c1. The lowest BCUT2D eigenvalue weighted by atomic mass is 9.82. The van der Waals surface area contributed by atoms with Crippen LogP contribution < -0.4 is 5.73 Å². The van der Waals surface area contributed by atoms with E-state index in [-0.39, 0.29) is 17.4 Å². The smallest absolute Gasteiger partial charge is 0.128 e. The summed E-state index contributed by atoms with van der Waals surface area (Å²) in [5.74, 6) is -0.179. The first-order valence-corrected chi connectivity index (χ1v) is 6.66. The number of likely N-dealkylation sites (N-methyl/N-ethyl adjacent to an activating group) is 1. The normalized spacial score (nSPS) is 20.3. The van der Waals surface area contributed by atoms with Gasteiger partial charge in [-0.1, -0.05) is 30.5 Å². The lowest BCUT2D eigenvalue weighted by molar-refractivity contribution is 0.121. The molecule has 0 bridgehead atoms. The highest BCUT2D eigenvalue weighted by molar-refractivity contribution is 5.29. The Kier molecular flexibility index (Phi) is 3.74. The number of rotatable bonds is 3. The summed E-state index contributed by atoms with van der Waals surface area (Å²) >= 11 is 0. The largest absolute Gasteiger partial charge is 0.322 e. The molecule has 0 aromatic heterocycles. The van der Waals surface area contributed by atoms with Crippen molar-refractivity contribution in [1.82, 2.24) is 4.90 Å². The van der Waals surface area contributed by atoms with E-state index in [1.54, 1.807) is 6.07 Å². The molecule has 0 spiro atoms. The molecule has 1 fully saturated rings. The minimum Gasteiger partial charge on any atom is -0.322 e. The third kappa shape index (κ3) is 2.17. The number of aryl methyl sites for hydroxylation is 1. The third-order valence-corrected chi connectivity index (χ3v) is 4.43. The number of nitrogens with zero attached hydrogens (tertiary/aromatic N) is 1. The van der Waals surface area contributed by atoms with E-state index in [1.165, 1.54) is 18.9 Å². The van der Waals surface area contributed by atoms with E-state index in [1.807, 2.05) is 13.0 Å². The van der Waals surface area contributed by atoms with Crippen LogP contribution in [0.15, 0.2) is 18.2 Å². The van der Waals surface area contributed by atoms with Crippen LogP contribution in [0.2, 0.25) is 0 Å². The van der Waals surface area contributed by atoms with Crippen LogP contribution in [0.25, 0.3) is 0 Å². The second kappa shape index (κ2) is 4.98. The third-order valence-electron chi connectivity index (χ3n) is 4.43. The minimum absolute atomic E-state index is 0.0887. The molecule has 1 atom stereocenters. The molecule has 0 radical (unpaired) electrons. The molecule has 2 N–H and O–H groups in total. The Hall–Kier alpha value is -0.930. The predicted octanol–water partition coefficient (Wildman–Crippen LogP) is 3.01. The van der Waals surface area contributed by atoms with Crippen molar-refractivity contribution in [2.45, 2.75) is 44.2 Å². The molecule has 0 aliphatic heterocycles. The highest BCUT2D eigenvalue weighted by Gasteiger charge is 2.42. The molecule has 1 aromatic carbocycles. The van der Waals surface area contributed by atoms with Crippen LogP contribution in [-0.2, 0) is 0 Å². The molecule has 0 heterocycles. The summed E-state index contributed by atoms with van der Waals surface area (Å²) in [4.78, 5) is 2.19. The Morgan fingerprint density at radius 3 is 2.44 bits per heavy atom. The van der Waals surface area contributed by atoms with Gasteiger partial charge in [0, 0.05) is 11.1 Å². The fraction of sp³-hybridized carbons (Fsp3) is 0.600. The van der Waals surface area contributed by atoms with E-state index in [9.17, 15) is 4.39 Å². The van der Waals surface area contributed by atoms with E-state index < -0.39 is 0 Å². The van der Waals surface area contributed by atoms with Crippen molar-refractivity contribution < 1.29 is 4.39 Å². The maximum Gasteiger partial charge on any atom is 0.128 e. The molecule has 2 rings (SSSR count). The molecule has 0 saturated heterocycles. The Labute approximate surface area is 109 Å². The van der Waals surface area contributed by atoms with Crippen molar-refractivity contribution >= 4 is 0 Å². The molecule has 0 amide bonds. The van der Waals surface area contributed by atoms with Crippen molar-refractivity contribution in [3.8, 4) is 0 Å². The molecule has 1 aromatic rings. The van der Waals surface area contributed by atoms with Gasteiger partial charge in [-0.05, 0) is 39.9 Å². The zero-order valence-electron chi connectivity index (χ0n) is 11.5. The highest BCUT2D eigenvalue weighted by Crippen LogP contribution is 2.42. The van der Waals surface area contributed by atoms with Crippen LogP contribution in [0.5, 0.6) is 0 Å². The fourth-order valence-corrected chi connectivity index (χ4v) is 3.21. The Balaban J connectivity index is 2.39. The van der Waals surface area contributed by atoms with Crippen LogP contribution in [0.1, 0.15) is 42.9 Å². The molecule has 100 valence electrons. The van der Waals surface area contributed by atoms with Crippen molar-refractivity contribution in [3.05, 3.63) is 35.1 Å². The van der Waals surface area contributed by atoms with Gasteiger partial charge in [0.25, 0.3) is 0 Å². The quantitative estimate of drug-likeness (QED) is 0.893. The van der Waals surface area contributed by atoms with Crippen LogP contribution in [-0.4, -0.2) is 24.5 Å². The second-order valence-electron chi connectivity index (χ2n) is 5.71. The molecule has 1 aliphatic carbocycles. The van der Waals surface area contributed by atoms with Gasteiger partial charge in [0.1, 0.15) is 5.82 Å². The molecule has 1 unspecified atom stereocenters. The molecular formula is C15H23FN2. The Morgan fingerprint density at radius 2 is 1.89 bits per heavy atom. The Bertz CT molecular complexity index is 423. The van der Waals surface area contributed by atoms with Gasteiger partial charge >= 0.3 is 0 Å². The second-order valence-corrected chi connectivity index (χ2v) is 5.71. The van der Waals surface area contributed by atoms with Gasteiger partial charge in [-0.2, -0.15) is 0 Å². The van der Waals surface area contributed by atoms with Crippen molar-refractivity contribution in [2.75, 3.05) is 14.1 Å². The van der Waals surface area contributed by atoms with Crippen LogP contribution in [0, 0.1) is 12.7 Å². The lowest BCUT2D eigenvalue weighted by Crippen LogP contribution is -2.50. The topological polar surface area (TPSA) is 29.3 Å². The Morgan fingerprint density at radius 1 is 1.28 bits per heavy atom. The van der Waals surface area contributed by atoms with Gasteiger partial charge in [-0.3, -0.25) is 0 Å². The van der Waals surface area contributed by atoms with E-state index >= 15 is 0 Å². The fourth-order valence-electron chi connectivity index (χ4n) is 3.21. The molecule has 1 saturated carbocycles. The number of benzene rings is 1. The first kappa shape index (κ1) is 13.5. The summed E-state index contributed by atoms with van der Waals surface area (Å²) in [6, 6.07) is 4.96. The molecule has 2 nitrogen and oxygen atoms in total. The summed E-state index contributed by atoms with van der Waals surface area (Å²) in [5.41, 5.74) is 8.06. The van der Waals surface area contributed by atoms with Crippen molar-refractivity contribution in [3.63, 3.8) is 0 Å². The van der Waals surface area contributed by atoms with Gasteiger partial charge in [-0.15, -0.1) is 0 Å². The summed E-state index contributed by atoms with van der Waals surface area (Å²) in [5, 5.41) is 0. The van der Waals surface area contributed by atoms with Gasteiger partial charge in [0.05, 0.1) is 6.04 Å². The first-order valence-electron chi connectivity index (χ1n) is 6.66. The minimum atomic E-state index is -0.255. The highest BCUT2D eigenvalue weighted by atomic mass is 19.1. The molecular weight excluding hydrogens is 227 g/mol. The van der Waals surface area contributed by atoms with Crippen molar-refractivity contribution in [2.24, 2.45) is 5.73 Å². The standard InChI is InChI=1S/C15H23FN2/c1-11-6-7-13(16)12(10-11)14(17)15(18(2)3)8-4-5-9-15/h6-7,10,14H,4-5,8-9,17H2,1-3H3. The van der Waals surface area contributed by atoms with Crippen LogP contribution in [0.4, 0.5) is 4.39 Å². The monoisotopic (exact) mass is 250 g/mol. The van der Waals surface area contributed by atoms with Gasteiger partial charge in [0.15, 0.2) is 0 Å². The maximum atomic E-state index is 14.0. The van der Waals surface area contributed by atoms with Crippen molar-refractivity contribution in [1.29, 1.82) is 0 Å². The predicted molar refractivity (Wildman–Crippen MR) is 73.0 cm³/mol. The molecule has 1 aliphatic rings. The van der Waals surface area contributed by atoms with Gasteiger partial charge < -0.3 is 10.6 Å². The van der Waals surface area contributed by atoms with Crippen LogP contribution >= 0.6 is 0 Å². The number of hydrogen-bond acceptors (Lipinski definition) is 2. The summed E-state index contributed by atoms with van der Waals surface area (Å²) in [7, 11) is 4.11. The van der Waals surface area contributed by atoms with E-state index in [4.69, 9.17) is 5.73 Å². The number of hydrogen-bond donors (Lipinski definition) is 1. The van der Waals surface area contributed by atoms with Crippen LogP contribution in [0.3, 0.4) is 0 Å². The molecule has 18 heavy (non-hydrogen) atoms. The number of halogens is 1. The summed E-state index contributed by atoms with van der Waals surface area (Å²) in [6.45, 7) is 1.98. The summed E-state index contributed by atoms with van der Waals surface area (Å²) < 4.78 is 14.0. The van der Waals surface area contributed by atoms with Gasteiger partial charge in [0.2, 0.25) is 0 Å². The first-order chi connectivity index (χ1) is 8.47. The van der Waals surface area contributed by atoms with Gasteiger partial charge in [-0.25, -0.2) is 4.39 Å². The average Bonchev–Trinajstić information content (AvgIpc) is 2.82. The maximum absolute atomic E-state index is 14.0. The zero-order chi connectivity index (χ0) is 13.3.